The Balaban J connectivity index is 2.07. The Kier molecular flexibility index (Phi) is 6.57. The minimum Gasteiger partial charge on any atom is -0.469 e. The molecule has 0 saturated heterocycles. The average molecular weight is 390 g/mol. The number of hydrogen-bond donors (Lipinski definition) is 2. The second-order valence-corrected chi connectivity index (χ2v) is 7.70. The van der Waals surface area contributed by atoms with Crippen LogP contribution in [0.4, 0.5) is 11.4 Å². The molecule has 0 aliphatic carbocycles. The van der Waals surface area contributed by atoms with Crippen molar-refractivity contribution in [3.8, 4) is 0 Å². The van der Waals surface area contributed by atoms with Crippen molar-refractivity contribution in [1.82, 2.24) is 0 Å². The Morgan fingerprint density at radius 3 is 2.11 bits per heavy atom. The molecule has 27 heavy (non-hydrogen) atoms. The van der Waals surface area contributed by atoms with Crippen molar-refractivity contribution in [3.05, 3.63) is 53.6 Å². The maximum Gasteiger partial charge on any atom is 0.306 e. The number of benzene rings is 2. The molecular weight excluding hydrogens is 368 g/mol. The molecule has 2 aromatic rings. The zero-order valence-electron chi connectivity index (χ0n) is 15.4. The summed E-state index contributed by atoms with van der Waals surface area (Å²) in [6, 6.07) is 11.3. The van der Waals surface area contributed by atoms with Crippen LogP contribution in [-0.2, 0) is 24.3 Å². The third-order valence-electron chi connectivity index (χ3n) is 3.95. The molecular formula is C19H22N2O5S. The quantitative estimate of drug-likeness (QED) is 0.708. The number of aryl methyl sites for hydroxylation is 2. The van der Waals surface area contributed by atoms with Gasteiger partial charge >= 0.3 is 5.97 Å². The molecule has 0 aliphatic rings. The van der Waals surface area contributed by atoms with Crippen LogP contribution in [0.25, 0.3) is 0 Å². The summed E-state index contributed by atoms with van der Waals surface area (Å²) >= 11 is 0. The van der Waals surface area contributed by atoms with E-state index in [4.69, 9.17) is 0 Å². The molecule has 0 spiro atoms. The molecule has 144 valence electrons. The fraction of sp³-hybridized carbons (Fsp3) is 0.263. The van der Waals surface area contributed by atoms with Crippen molar-refractivity contribution in [2.75, 3.05) is 17.1 Å². The van der Waals surface area contributed by atoms with Crippen LogP contribution < -0.4 is 10.0 Å². The molecule has 7 nitrogen and oxygen atoms in total. The first-order valence-electron chi connectivity index (χ1n) is 8.28. The molecule has 0 radical (unpaired) electrons. The van der Waals surface area contributed by atoms with E-state index in [-0.39, 0.29) is 23.6 Å². The van der Waals surface area contributed by atoms with Crippen LogP contribution >= 0.6 is 0 Å². The minimum absolute atomic E-state index is 0.0131. The first-order valence-corrected chi connectivity index (χ1v) is 9.77. The van der Waals surface area contributed by atoms with E-state index in [1.807, 2.05) is 32.0 Å². The molecule has 0 bridgehead atoms. The maximum absolute atomic E-state index is 12.6. The highest BCUT2D eigenvalue weighted by Gasteiger charge is 2.16. The zero-order chi connectivity index (χ0) is 20.0. The third-order valence-corrected chi connectivity index (χ3v) is 5.32. The second-order valence-electron chi connectivity index (χ2n) is 6.02. The number of hydrogen-bond acceptors (Lipinski definition) is 5. The van der Waals surface area contributed by atoms with E-state index in [1.54, 1.807) is 0 Å². The molecule has 0 unspecified atom stereocenters. The van der Waals surface area contributed by atoms with Crippen LogP contribution in [0.15, 0.2) is 47.4 Å². The summed E-state index contributed by atoms with van der Waals surface area (Å²) in [4.78, 5) is 22.9. The first-order chi connectivity index (χ1) is 12.7. The molecule has 2 N–H and O–H groups in total. The molecule has 0 saturated carbocycles. The second kappa shape index (κ2) is 8.68. The minimum atomic E-state index is -3.75. The van der Waals surface area contributed by atoms with E-state index in [0.29, 0.717) is 11.4 Å². The third kappa shape index (κ3) is 5.55. The highest BCUT2D eigenvalue weighted by atomic mass is 32.2. The lowest BCUT2D eigenvalue weighted by atomic mass is 10.1. The highest BCUT2D eigenvalue weighted by molar-refractivity contribution is 7.92. The Hall–Kier alpha value is -2.87. The number of para-hydroxylation sites is 1. The lowest BCUT2D eigenvalue weighted by Crippen LogP contribution is -2.16. The summed E-state index contributed by atoms with van der Waals surface area (Å²) in [6.07, 6.45) is -0.0324. The zero-order valence-corrected chi connectivity index (χ0v) is 16.2. The number of rotatable bonds is 7. The van der Waals surface area contributed by atoms with Gasteiger partial charge in [-0.25, -0.2) is 8.42 Å². The number of carbonyl (C=O) groups is 2. The van der Waals surface area contributed by atoms with E-state index < -0.39 is 16.0 Å². The van der Waals surface area contributed by atoms with Crippen LogP contribution in [0.2, 0.25) is 0 Å². The highest BCUT2D eigenvalue weighted by Crippen LogP contribution is 2.24. The Morgan fingerprint density at radius 2 is 1.56 bits per heavy atom. The number of carbonyl (C=O) groups excluding carboxylic acids is 2. The topological polar surface area (TPSA) is 102 Å². The van der Waals surface area contributed by atoms with Crippen LogP contribution in [-0.4, -0.2) is 27.4 Å². The molecule has 0 aliphatic heterocycles. The molecule has 0 aromatic heterocycles. The number of ether oxygens (including phenoxy) is 1. The number of methoxy groups -OCH3 is 1. The molecule has 0 fully saturated rings. The average Bonchev–Trinajstić information content (AvgIpc) is 2.63. The van der Waals surface area contributed by atoms with Gasteiger partial charge in [0.05, 0.1) is 24.1 Å². The van der Waals surface area contributed by atoms with Crippen LogP contribution in [0, 0.1) is 13.8 Å². The van der Waals surface area contributed by atoms with Crippen LogP contribution in [0.1, 0.15) is 24.0 Å². The smallest absolute Gasteiger partial charge is 0.306 e. The van der Waals surface area contributed by atoms with Gasteiger partial charge in [0.15, 0.2) is 0 Å². The van der Waals surface area contributed by atoms with Crippen LogP contribution in [0.5, 0.6) is 0 Å². The Morgan fingerprint density at radius 1 is 0.963 bits per heavy atom. The Bertz CT molecular complexity index is 917. The van der Waals surface area contributed by atoms with Gasteiger partial charge in [-0.05, 0) is 49.2 Å². The molecule has 8 heteroatoms. The van der Waals surface area contributed by atoms with Gasteiger partial charge in [0.1, 0.15) is 0 Å². The standard InChI is InChI=1S/C19H22N2O5S/c1-13-5-4-6-14(2)19(13)21-27(24,25)16-9-7-15(8-10-16)20-17(22)11-12-18(23)26-3/h4-10,21H,11-12H2,1-3H3,(H,20,22). The predicted octanol–water partition coefficient (Wildman–Crippen LogP) is 3.00. The van der Waals surface area contributed by atoms with Gasteiger partial charge < -0.3 is 10.1 Å². The summed E-state index contributed by atoms with van der Waals surface area (Å²) in [5.41, 5.74) is 2.65. The normalized spacial score (nSPS) is 10.9. The van der Waals surface area contributed by atoms with E-state index in [9.17, 15) is 18.0 Å². The number of amides is 1. The van der Waals surface area contributed by atoms with Gasteiger partial charge in [-0.2, -0.15) is 0 Å². The fourth-order valence-corrected chi connectivity index (χ4v) is 3.63. The van der Waals surface area contributed by atoms with Crippen molar-refractivity contribution in [2.24, 2.45) is 0 Å². The molecule has 0 atom stereocenters. The van der Waals surface area contributed by atoms with Gasteiger partial charge in [0, 0.05) is 12.1 Å². The Labute approximate surface area is 158 Å². The van der Waals surface area contributed by atoms with Gasteiger partial charge in [-0.15, -0.1) is 0 Å². The van der Waals surface area contributed by atoms with Gasteiger partial charge in [-0.1, -0.05) is 18.2 Å². The largest absolute Gasteiger partial charge is 0.469 e. The predicted molar refractivity (Wildman–Crippen MR) is 103 cm³/mol. The van der Waals surface area contributed by atoms with E-state index in [1.165, 1.54) is 31.4 Å². The summed E-state index contributed by atoms with van der Waals surface area (Å²) in [5, 5.41) is 2.61. The molecule has 1 amide bonds. The van der Waals surface area contributed by atoms with Crippen molar-refractivity contribution >= 4 is 33.3 Å². The lowest BCUT2D eigenvalue weighted by molar-refractivity contribution is -0.141. The number of sulfonamides is 1. The van der Waals surface area contributed by atoms with Gasteiger partial charge in [-0.3, -0.25) is 14.3 Å². The first kappa shape index (κ1) is 20.4. The summed E-state index contributed by atoms with van der Waals surface area (Å²) in [7, 11) is -2.50. The lowest BCUT2D eigenvalue weighted by Gasteiger charge is -2.13. The van der Waals surface area contributed by atoms with Crippen molar-refractivity contribution in [1.29, 1.82) is 0 Å². The number of anilines is 2. The van der Waals surface area contributed by atoms with Gasteiger partial charge in [0.25, 0.3) is 10.0 Å². The summed E-state index contributed by atoms with van der Waals surface area (Å²) < 4.78 is 32.3. The van der Waals surface area contributed by atoms with Crippen LogP contribution in [0.3, 0.4) is 0 Å². The number of nitrogens with one attached hydrogen (secondary N) is 2. The summed E-state index contributed by atoms with van der Waals surface area (Å²) in [5.74, 6) is -0.825. The van der Waals surface area contributed by atoms with Crippen molar-refractivity contribution < 1.29 is 22.7 Å². The van der Waals surface area contributed by atoms with E-state index in [0.717, 1.165) is 11.1 Å². The monoisotopic (exact) mass is 390 g/mol. The molecule has 2 aromatic carbocycles. The van der Waals surface area contributed by atoms with Gasteiger partial charge in [0.2, 0.25) is 5.91 Å². The molecule has 2 rings (SSSR count). The maximum atomic E-state index is 12.6. The summed E-state index contributed by atoms with van der Waals surface area (Å²) in [6.45, 7) is 3.66. The van der Waals surface area contributed by atoms with E-state index in [2.05, 4.69) is 14.8 Å². The van der Waals surface area contributed by atoms with Crippen molar-refractivity contribution in [2.45, 2.75) is 31.6 Å². The fourth-order valence-electron chi connectivity index (χ4n) is 2.43. The van der Waals surface area contributed by atoms with Crippen molar-refractivity contribution in [3.63, 3.8) is 0 Å². The van der Waals surface area contributed by atoms with E-state index >= 15 is 0 Å². The molecule has 0 heterocycles. The number of esters is 1. The SMILES string of the molecule is COC(=O)CCC(=O)Nc1ccc(S(=O)(=O)Nc2c(C)cccc2C)cc1.